The first kappa shape index (κ1) is 52.0. The Morgan fingerprint density at radius 2 is 1.31 bits per heavy atom. The van der Waals surface area contributed by atoms with Crippen molar-refractivity contribution >= 4 is 76.1 Å². The Kier molecular flexibility index (Phi) is 22.1. The third-order valence-corrected chi connectivity index (χ3v) is 12.4. The summed E-state index contributed by atoms with van der Waals surface area (Å²) < 4.78 is 0. The Hall–Kier alpha value is -4.36. The summed E-state index contributed by atoms with van der Waals surface area (Å²) >= 11 is 7.44. The molecule has 4 unspecified atom stereocenters. The fraction of sp³-hybridized carbons (Fsp3) is 0.614. The van der Waals surface area contributed by atoms with E-state index in [1.54, 1.807) is 26.5 Å². The van der Waals surface area contributed by atoms with Crippen molar-refractivity contribution in [1.82, 2.24) is 19.6 Å². The van der Waals surface area contributed by atoms with Gasteiger partial charge in [-0.15, -0.1) is 0 Å². The molecule has 0 spiro atoms. The number of imide groups is 1. The van der Waals surface area contributed by atoms with Crippen LogP contribution in [0.5, 0.6) is 0 Å². The lowest BCUT2D eigenvalue weighted by Gasteiger charge is -2.33. The summed E-state index contributed by atoms with van der Waals surface area (Å²) in [6, 6.07) is 7.33. The third-order valence-electron chi connectivity index (χ3n) is 11.5. The maximum Gasteiger partial charge on any atom is 0.317 e. The topological polar surface area (TPSA) is 230 Å². The van der Waals surface area contributed by atoms with Gasteiger partial charge in [0.15, 0.2) is 0 Å². The smallest absolute Gasteiger partial charge is 0.317 e. The number of ketones is 2. The van der Waals surface area contributed by atoms with Gasteiger partial charge in [0.25, 0.3) is 11.8 Å². The minimum atomic E-state index is -1.11. The summed E-state index contributed by atoms with van der Waals surface area (Å²) in [4.78, 5) is 105. The van der Waals surface area contributed by atoms with E-state index in [-0.39, 0.29) is 82.1 Å². The van der Waals surface area contributed by atoms with Gasteiger partial charge in [0, 0.05) is 88.6 Å². The standard InChI is InChI=1S/C44H62N4O12S2/c1-29(2)36(38(50)23-33(44(59)60)6-4-5-14-48-39(51)11-12-40(48)52)24-37(49)32(13-19-62-3)22-35(61)21-31-9-7-30(8-10-31)20-34-25-46(27-42(55)56)16-15-45(26-41(53)54)17-18-47(34)28-43(57)58/h7-12,29,32-34,36H,4-6,13-28H2,1-3H3,(H,53,54)(H,55,56)(H,57,58)(H,59,60). The van der Waals surface area contributed by atoms with Gasteiger partial charge >= 0.3 is 23.9 Å². The van der Waals surface area contributed by atoms with Gasteiger partial charge in [0.2, 0.25) is 0 Å². The van der Waals surface area contributed by atoms with E-state index in [4.69, 9.17) is 12.2 Å². The van der Waals surface area contributed by atoms with Gasteiger partial charge < -0.3 is 20.4 Å². The lowest BCUT2D eigenvalue weighted by Crippen LogP contribution is -2.49. The number of unbranched alkanes of at least 4 members (excludes halogenated alkanes) is 1. The van der Waals surface area contributed by atoms with Crippen LogP contribution in [0.2, 0.25) is 0 Å². The second-order valence-corrected chi connectivity index (χ2v) is 18.2. The lowest BCUT2D eigenvalue weighted by atomic mass is 9.79. The van der Waals surface area contributed by atoms with E-state index in [1.807, 2.05) is 44.4 Å². The van der Waals surface area contributed by atoms with Gasteiger partial charge in [0.1, 0.15) is 11.6 Å². The van der Waals surface area contributed by atoms with Crippen LogP contribution in [0, 0.1) is 23.7 Å². The van der Waals surface area contributed by atoms with Crippen molar-refractivity contribution in [3.8, 4) is 0 Å². The van der Waals surface area contributed by atoms with E-state index >= 15 is 0 Å². The first-order chi connectivity index (χ1) is 29.4. The molecule has 1 aromatic rings. The van der Waals surface area contributed by atoms with Crippen LogP contribution in [-0.2, 0) is 51.2 Å². The average molecular weight is 903 g/mol. The normalized spacial score (nSPS) is 18.2. The number of hydrogen-bond acceptors (Lipinski definition) is 13. The summed E-state index contributed by atoms with van der Waals surface area (Å²) in [6.07, 6.45) is 6.85. The second kappa shape index (κ2) is 26.3. The molecule has 0 saturated carbocycles. The Labute approximate surface area is 373 Å². The van der Waals surface area contributed by atoms with Crippen molar-refractivity contribution in [2.24, 2.45) is 23.7 Å². The Morgan fingerprint density at radius 3 is 1.89 bits per heavy atom. The molecule has 3 rings (SSSR count). The largest absolute Gasteiger partial charge is 0.481 e. The van der Waals surface area contributed by atoms with E-state index in [2.05, 4.69) is 0 Å². The van der Waals surface area contributed by atoms with Crippen LogP contribution in [0.15, 0.2) is 36.4 Å². The number of carbonyl (C=O) groups is 8. The summed E-state index contributed by atoms with van der Waals surface area (Å²) in [5, 5.41) is 38.6. The quantitative estimate of drug-likeness (QED) is 0.0536. The molecule has 0 aliphatic carbocycles. The van der Waals surface area contributed by atoms with Crippen LogP contribution in [0.3, 0.4) is 0 Å². The Bertz CT molecular complexity index is 1770. The molecule has 2 aliphatic heterocycles. The van der Waals surface area contributed by atoms with Crippen LogP contribution in [0.4, 0.5) is 0 Å². The molecule has 2 heterocycles. The average Bonchev–Trinajstić information content (AvgIpc) is 3.54. The van der Waals surface area contributed by atoms with Gasteiger partial charge in [-0.3, -0.25) is 58.0 Å². The van der Waals surface area contributed by atoms with Crippen molar-refractivity contribution in [2.75, 3.05) is 70.9 Å². The number of hydrogen-bond donors (Lipinski definition) is 4. The number of Topliss-reactive ketones (excluding diaryl/α,β-unsaturated/α-hetero) is 2. The highest BCUT2D eigenvalue weighted by atomic mass is 32.2. The van der Waals surface area contributed by atoms with E-state index in [0.717, 1.165) is 16.0 Å². The summed E-state index contributed by atoms with van der Waals surface area (Å²) in [5.41, 5.74) is 1.81. The fourth-order valence-electron chi connectivity index (χ4n) is 8.01. The molecule has 342 valence electrons. The summed E-state index contributed by atoms with van der Waals surface area (Å²) in [5.74, 6) is -6.93. The molecule has 2 amide bonds. The molecule has 18 heteroatoms. The van der Waals surface area contributed by atoms with Crippen LogP contribution < -0.4 is 0 Å². The highest BCUT2D eigenvalue weighted by Gasteiger charge is 2.33. The number of carboxylic acids is 4. The SMILES string of the molecule is CSCCC(CC(=S)Cc1ccc(CC2CN(CC(=O)O)CCN(CC(=O)O)CCN2CC(=O)O)cc1)C(=O)CC(C(=O)CC(CCCCN1C(=O)C=CC1=O)C(=O)O)C(C)C. The van der Waals surface area contributed by atoms with Gasteiger partial charge in [-0.05, 0) is 66.0 Å². The van der Waals surface area contributed by atoms with Crippen molar-refractivity contribution in [3.05, 3.63) is 47.5 Å². The number of benzene rings is 1. The van der Waals surface area contributed by atoms with Crippen LogP contribution in [0.25, 0.3) is 0 Å². The molecule has 2 aliphatic rings. The highest BCUT2D eigenvalue weighted by molar-refractivity contribution is 7.98. The zero-order valence-corrected chi connectivity index (χ0v) is 37.6. The molecule has 4 N–H and O–H groups in total. The van der Waals surface area contributed by atoms with Gasteiger partial charge in [0.05, 0.1) is 25.6 Å². The zero-order valence-electron chi connectivity index (χ0n) is 35.9. The number of thiocarbonyl (C=S) groups is 1. The molecule has 16 nitrogen and oxygen atoms in total. The first-order valence-corrected chi connectivity index (χ1v) is 22.9. The molecular weight excluding hydrogens is 841 g/mol. The number of carboxylic acid groups (broad SMARTS) is 4. The minimum absolute atomic E-state index is 0.0209. The van der Waals surface area contributed by atoms with E-state index in [9.17, 15) is 58.8 Å². The maximum atomic E-state index is 13.9. The van der Waals surface area contributed by atoms with Crippen LogP contribution >= 0.6 is 24.0 Å². The zero-order chi connectivity index (χ0) is 45.9. The predicted molar refractivity (Wildman–Crippen MR) is 237 cm³/mol. The highest BCUT2D eigenvalue weighted by Crippen LogP contribution is 2.28. The molecule has 1 saturated heterocycles. The molecule has 62 heavy (non-hydrogen) atoms. The van der Waals surface area contributed by atoms with Gasteiger partial charge in [-0.25, -0.2) is 0 Å². The summed E-state index contributed by atoms with van der Waals surface area (Å²) in [6.45, 7) is 4.55. The summed E-state index contributed by atoms with van der Waals surface area (Å²) in [7, 11) is 0. The molecule has 4 atom stereocenters. The van der Waals surface area contributed by atoms with Crippen molar-refractivity contribution in [1.29, 1.82) is 0 Å². The van der Waals surface area contributed by atoms with E-state index < -0.39 is 53.4 Å². The van der Waals surface area contributed by atoms with E-state index in [0.29, 0.717) is 68.8 Å². The van der Waals surface area contributed by atoms with Crippen molar-refractivity contribution < 1.29 is 58.8 Å². The Morgan fingerprint density at radius 1 is 0.726 bits per heavy atom. The number of nitrogens with zero attached hydrogens (tertiary/aromatic N) is 4. The monoisotopic (exact) mass is 902 g/mol. The second-order valence-electron chi connectivity index (χ2n) is 16.6. The Balaban J connectivity index is 1.65. The van der Waals surface area contributed by atoms with E-state index in [1.165, 1.54) is 12.2 Å². The molecule has 0 aromatic heterocycles. The molecule has 0 radical (unpaired) electrons. The fourth-order valence-corrected chi connectivity index (χ4v) is 8.90. The molecule has 1 aromatic carbocycles. The number of carbonyl (C=O) groups excluding carboxylic acids is 4. The molecule has 1 fully saturated rings. The van der Waals surface area contributed by atoms with Gasteiger partial charge in [-0.2, -0.15) is 11.8 Å². The van der Waals surface area contributed by atoms with Crippen molar-refractivity contribution in [3.63, 3.8) is 0 Å². The van der Waals surface area contributed by atoms with Crippen molar-refractivity contribution in [2.45, 2.75) is 77.7 Å². The molecular formula is C44H62N4O12S2. The van der Waals surface area contributed by atoms with Crippen LogP contribution in [0.1, 0.15) is 69.9 Å². The third kappa shape index (κ3) is 18.2. The number of thioether (sulfide) groups is 1. The number of rotatable bonds is 28. The number of amides is 2. The van der Waals surface area contributed by atoms with Gasteiger partial charge in [-0.1, -0.05) is 56.8 Å². The minimum Gasteiger partial charge on any atom is -0.481 e. The predicted octanol–water partition coefficient (Wildman–Crippen LogP) is 3.43. The molecule has 0 bridgehead atoms. The first-order valence-electron chi connectivity index (χ1n) is 21.1. The maximum absolute atomic E-state index is 13.9. The van der Waals surface area contributed by atoms with Crippen LogP contribution in [-0.4, -0.2) is 169 Å². The number of aliphatic carboxylic acids is 4. The lowest BCUT2D eigenvalue weighted by molar-refractivity contribution is -0.145.